The van der Waals surface area contributed by atoms with Crippen LogP contribution in [0.25, 0.3) is 88.6 Å². The molecule has 0 bridgehead atoms. The van der Waals surface area contributed by atoms with Crippen molar-refractivity contribution >= 4 is 55.2 Å². The number of pyridine rings is 1. The molecule has 1 atom stereocenters. The van der Waals surface area contributed by atoms with Crippen molar-refractivity contribution in [3.8, 4) is 39.4 Å². The number of para-hydroxylation sites is 2. The number of hydrogen-bond donors (Lipinski definition) is 0. The fourth-order valence-electron chi connectivity index (χ4n) is 8.26. The lowest BCUT2D eigenvalue weighted by molar-refractivity contribution is 0.719. The van der Waals surface area contributed by atoms with E-state index in [9.17, 15) is 5.26 Å². The van der Waals surface area contributed by atoms with Crippen molar-refractivity contribution in [2.45, 2.75) is 13.3 Å². The van der Waals surface area contributed by atoms with Crippen LogP contribution in [0, 0.1) is 17.2 Å². The maximum atomic E-state index is 9.81. The summed E-state index contributed by atoms with van der Waals surface area (Å²) < 4.78 is 2.20. The molecule has 7 aromatic carbocycles. The number of aromatic nitrogens is 2. The number of hydrogen-bond acceptors (Lipinski definition) is 2. The molecule has 0 radical (unpaired) electrons. The zero-order valence-electron chi connectivity index (χ0n) is 27.6. The molecule has 50 heavy (non-hydrogen) atoms. The van der Waals surface area contributed by atoms with E-state index in [1.54, 1.807) is 0 Å². The Morgan fingerprint density at radius 1 is 0.600 bits per heavy atom. The number of nitriles is 1. The van der Waals surface area contributed by atoms with Crippen molar-refractivity contribution in [2.75, 3.05) is 0 Å². The fraction of sp³-hybridized carbons (Fsp3) is 0.0638. The van der Waals surface area contributed by atoms with Gasteiger partial charge < -0.3 is 0 Å². The van der Waals surface area contributed by atoms with Crippen LogP contribution in [0.2, 0.25) is 0 Å². The Labute approximate surface area is 290 Å². The molecule has 0 amide bonds. The van der Waals surface area contributed by atoms with E-state index < -0.39 is 0 Å². The van der Waals surface area contributed by atoms with Crippen LogP contribution < -0.4 is 0 Å². The van der Waals surface area contributed by atoms with Gasteiger partial charge in [0, 0.05) is 10.8 Å². The van der Waals surface area contributed by atoms with Crippen molar-refractivity contribution in [1.82, 2.24) is 9.38 Å². The second-order valence-electron chi connectivity index (χ2n) is 13.5. The van der Waals surface area contributed by atoms with Gasteiger partial charge in [0.15, 0.2) is 0 Å². The van der Waals surface area contributed by atoms with E-state index in [1.807, 2.05) is 24.3 Å². The van der Waals surface area contributed by atoms with Crippen LogP contribution >= 0.6 is 0 Å². The van der Waals surface area contributed by atoms with E-state index >= 15 is 0 Å². The lowest BCUT2D eigenvalue weighted by Crippen LogP contribution is -2.08. The Kier molecular flexibility index (Phi) is 6.28. The number of allylic oxidation sites excluding steroid dienone is 1. The minimum Gasteiger partial charge on any atom is -0.292 e. The van der Waals surface area contributed by atoms with E-state index in [0.717, 1.165) is 55.9 Å². The number of benzene rings is 7. The summed E-state index contributed by atoms with van der Waals surface area (Å²) in [7, 11) is 0. The summed E-state index contributed by atoms with van der Waals surface area (Å²) in [6, 6.07) is 52.1. The Balaban J connectivity index is 1.21. The minimum atomic E-state index is 0.473. The number of fused-ring (bicyclic) bond motifs is 10. The molecule has 0 unspecified atom stereocenters. The van der Waals surface area contributed by atoms with Crippen molar-refractivity contribution in [1.29, 1.82) is 5.26 Å². The summed E-state index contributed by atoms with van der Waals surface area (Å²) >= 11 is 0. The topological polar surface area (TPSA) is 41.1 Å². The molecule has 1 aliphatic rings. The van der Waals surface area contributed by atoms with Crippen LogP contribution in [0.5, 0.6) is 0 Å². The lowest BCUT2D eigenvalue weighted by atomic mass is 9.78. The molecular weight excluding hydrogens is 607 g/mol. The maximum Gasteiger partial charge on any atom is 0.146 e. The third-order valence-corrected chi connectivity index (χ3v) is 10.5. The molecule has 0 saturated heterocycles. The smallest absolute Gasteiger partial charge is 0.146 e. The average molecular weight is 638 g/mol. The summed E-state index contributed by atoms with van der Waals surface area (Å²) in [5, 5.41) is 15.7. The Morgan fingerprint density at radius 2 is 1.32 bits per heavy atom. The first-order valence-corrected chi connectivity index (χ1v) is 17.2. The van der Waals surface area contributed by atoms with Gasteiger partial charge in [0.05, 0.1) is 28.2 Å². The molecule has 0 N–H and O–H groups in total. The molecule has 234 valence electrons. The van der Waals surface area contributed by atoms with E-state index in [1.165, 1.54) is 44.2 Å². The first-order chi connectivity index (χ1) is 24.7. The quantitative estimate of drug-likeness (QED) is 0.181. The first-order valence-electron chi connectivity index (χ1n) is 17.2. The summed E-state index contributed by atoms with van der Waals surface area (Å²) in [4.78, 5) is 5.08. The van der Waals surface area contributed by atoms with Crippen LogP contribution in [-0.4, -0.2) is 9.38 Å². The lowest BCUT2D eigenvalue weighted by Gasteiger charge is -2.26. The van der Waals surface area contributed by atoms with Gasteiger partial charge >= 0.3 is 0 Å². The highest BCUT2D eigenvalue weighted by molar-refractivity contribution is 6.15. The number of nitrogens with zero attached hydrogens (tertiary/aromatic N) is 3. The Bertz CT molecular complexity index is 2920. The summed E-state index contributed by atoms with van der Waals surface area (Å²) in [6.45, 7) is 2.31. The van der Waals surface area contributed by atoms with Crippen molar-refractivity contribution < 1.29 is 0 Å². The molecule has 2 aromatic heterocycles. The molecule has 9 aromatic rings. The van der Waals surface area contributed by atoms with Gasteiger partial charge in [-0.2, -0.15) is 5.26 Å². The summed E-state index contributed by atoms with van der Waals surface area (Å²) in [5.74, 6) is 0.473. The SMILES string of the molecule is C[C@@H]1C=Cc2c(c(-c3ccccc3)c3ccccc3c2-c2cccc(-c3ccc4c(c3)c3ccc(C#N)cc3n3c5ccccc5nc43)c2)C1. The summed E-state index contributed by atoms with van der Waals surface area (Å²) in [5.41, 5.74) is 14.7. The molecule has 3 nitrogen and oxygen atoms in total. The van der Waals surface area contributed by atoms with Gasteiger partial charge in [0.1, 0.15) is 5.65 Å². The molecular formula is C47H31N3. The monoisotopic (exact) mass is 637 g/mol. The Hall–Kier alpha value is -6.50. The molecule has 2 heterocycles. The molecule has 1 aliphatic carbocycles. The number of imidazole rings is 1. The van der Waals surface area contributed by atoms with Gasteiger partial charge in [-0.15, -0.1) is 0 Å². The normalized spacial score (nSPS) is 14.1. The zero-order chi connectivity index (χ0) is 33.3. The minimum absolute atomic E-state index is 0.473. The number of rotatable bonds is 3. The fourth-order valence-corrected chi connectivity index (χ4v) is 8.26. The van der Waals surface area contributed by atoms with E-state index in [0.29, 0.717) is 11.5 Å². The van der Waals surface area contributed by atoms with Gasteiger partial charge in [0.2, 0.25) is 0 Å². The molecule has 0 fully saturated rings. The molecule has 3 heteroatoms. The van der Waals surface area contributed by atoms with Crippen LogP contribution in [0.3, 0.4) is 0 Å². The molecule has 0 aliphatic heterocycles. The van der Waals surface area contributed by atoms with Gasteiger partial charge in [-0.25, -0.2) is 4.98 Å². The van der Waals surface area contributed by atoms with E-state index in [-0.39, 0.29) is 0 Å². The van der Waals surface area contributed by atoms with Crippen molar-refractivity contribution in [3.05, 3.63) is 162 Å². The van der Waals surface area contributed by atoms with Gasteiger partial charge in [-0.3, -0.25) is 4.40 Å². The van der Waals surface area contributed by atoms with Crippen LogP contribution in [0.4, 0.5) is 0 Å². The molecule has 10 rings (SSSR count). The average Bonchev–Trinajstić information content (AvgIpc) is 3.57. The van der Waals surface area contributed by atoms with E-state index in [2.05, 4.69) is 145 Å². The summed E-state index contributed by atoms with van der Waals surface area (Å²) in [6.07, 6.45) is 5.74. The predicted octanol–water partition coefficient (Wildman–Crippen LogP) is 12.0. The molecule has 0 spiro atoms. The van der Waals surface area contributed by atoms with Gasteiger partial charge in [0.25, 0.3) is 0 Å². The van der Waals surface area contributed by atoms with Crippen molar-refractivity contribution in [3.63, 3.8) is 0 Å². The van der Waals surface area contributed by atoms with Crippen LogP contribution in [0.15, 0.2) is 146 Å². The second-order valence-corrected chi connectivity index (χ2v) is 13.5. The second kappa shape index (κ2) is 11.0. The standard InChI is InChI=1S/C47H31N3/c1-29-18-21-38-41(24-29)45(31-10-3-2-4-11-31)36-14-5-6-15-37(36)46(38)34-13-9-12-32(26-34)33-20-23-39-40(27-33)35-22-19-30(28-48)25-44(35)50-43-17-8-7-16-42(43)49-47(39)50/h2-23,25-27,29H,24H2,1H3/t29-/m1/s1. The van der Waals surface area contributed by atoms with Crippen LogP contribution in [0.1, 0.15) is 23.6 Å². The largest absolute Gasteiger partial charge is 0.292 e. The van der Waals surface area contributed by atoms with Gasteiger partial charge in [-0.05, 0) is 115 Å². The molecule has 0 saturated carbocycles. The third kappa shape index (κ3) is 4.25. The highest BCUT2D eigenvalue weighted by atomic mass is 15.0. The zero-order valence-corrected chi connectivity index (χ0v) is 27.6. The first kappa shape index (κ1) is 28.5. The maximum absolute atomic E-state index is 9.81. The van der Waals surface area contributed by atoms with Gasteiger partial charge in [-0.1, -0.05) is 116 Å². The van der Waals surface area contributed by atoms with Crippen LogP contribution in [-0.2, 0) is 6.42 Å². The van der Waals surface area contributed by atoms with Crippen molar-refractivity contribution in [2.24, 2.45) is 5.92 Å². The highest BCUT2D eigenvalue weighted by Gasteiger charge is 2.24. The predicted molar refractivity (Wildman–Crippen MR) is 208 cm³/mol. The third-order valence-electron chi connectivity index (χ3n) is 10.5. The highest BCUT2D eigenvalue weighted by Crippen LogP contribution is 2.46. The Morgan fingerprint density at radius 3 is 2.18 bits per heavy atom. The van der Waals surface area contributed by atoms with E-state index in [4.69, 9.17) is 4.98 Å².